The highest BCUT2D eigenvalue weighted by Crippen LogP contribution is 2.31. The predicted molar refractivity (Wildman–Crippen MR) is 60.5 cm³/mol. The molecule has 0 radical (unpaired) electrons. The molecule has 2 aromatic rings. The third kappa shape index (κ3) is 1.40. The van der Waals surface area contributed by atoms with Crippen molar-refractivity contribution >= 4 is 38.7 Å². The van der Waals surface area contributed by atoms with Crippen LogP contribution in [0.5, 0.6) is 0 Å². The highest BCUT2D eigenvalue weighted by Gasteiger charge is 2.06. The molecule has 0 unspecified atom stereocenters. The molecule has 1 heterocycles. The molecular formula is C10H10ClNS. The molecule has 2 rings (SSSR count). The van der Waals surface area contributed by atoms with Crippen molar-refractivity contribution in [2.24, 2.45) is 0 Å². The summed E-state index contributed by atoms with van der Waals surface area (Å²) in [6.07, 6.45) is 0. The van der Waals surface area contributed by atoms with Crippen LogP contribution in [0.2, 0.25) is 0 Å². The maximum atomic E-state index is 5.85. The van der Waals surface area contributed by atoms with Crippen LogP contribution in [0.1, 0.15) is 10.4 Å². The maximum absolute atomic E-state index is 5.85. The first-order valence-electron chi connectivity index (χ1n) is 4.06. The average molecular weight is 212 g/mol. The number of hydrogen-bond acceptors (Lipinski definition) is 2. The Morgan fingerprint density at radius 1 is 1.46 bits per heavy atom. The second-order valence-electron chi connectivity index (χ2n) is 3.04. The Kier molecular flexibility index (Phi) is 2.18. The summed E-state index contributed by atoms with van der Waals surface area (Å²) in [5.41, 5.74) is 7.68. The van der Waals surface area contributed by atoms with E-state index in [1.807, 2.05) is 6.07 Å². The van der Waals surface area contributed by atoms with Crippen LogP contribution in [0.4, 0.5) is 5.69 Å². The zero-order chi connectivity index (χ0) is 9.42. The van der Waals surface area contributed by atoms with Gasteiger partial charge in [-0.1, -0.05) is 0 Å². The molecule has 0 atom stereocenters. The van der Waals surface area contributed by atoms with Gasteiger partial charge >= 0.3 is 0 Å². The van der Waals surface area contributed by atoms with Gasteiger partial charge in [0.1, 0.15) is 0 Å². The highest BCUT2D eigenvalue weighted by molar-refractivity contribution is 7.19. The smallest absolute Gasteiger partial charge is 0.0500 e. The first-order valence-corrected chi connectivity index (χ1v) is 5.41. The van der Waals surface area contributed by atoms with Gasteiger partial charge in [-0.25, -0.2) is 0 Å². The van der Waals surface area contributed by atoms with Crippen molar-refractivity contribution in [3.05, 3.63) is 28.6 Å². The fraction of sp³-hybridized carbons (Fsp3) is 0.200. The Labute approximate surface area is 86.1 Å². The number of halogens is 1. The van der Waals surface area contributed by atoms with E-state index in [2.05, 4.69) is 19.1 Å². The van der Waals surface area contributed by atoms with E-state index in [1.165, 1.54) is 15.0 Å². The fourth-order valence-electron chi connectivity index (χ4n) is 1.46. The molecule has 0 amide bonds. The molecule has 13 heavy (non-hydrogen) atoms. The van der Waals surface area contributed by atoms with Crippen LogP contribution in [0.3, 0.4) is 0 Å². The number of aryl methyl sites for hydroxylation is 1. The standard InChI is InChI=1S/C10H10ClNS/c1-6-4-7-8(5-11)9(12)2-3-10(7)13-6/h2-4H,5,12H2,1H3. The van der Waals surface area contributed by atoms with Crippen molar-refractivity contribution in [1.29, 1.82) is 0 Å². The predicted octanol–water partition coefficient (Wildman–Crippen LogP) is 3.53. The third-order valence-electron chi connectivity index (χ3n) is 2.11. The number of anilines is 1. The van der Waals surface area contributed by atoms with Gasteiger partial charge in [-0.05, 0) is 36.1 Å². The Balaban J connectivity index is 2.82. The van der Waals surface area contributed by atoms with Gasteiger partial charge in [-0.15, -0.1) is 22.9 Å². The number of nitrogens with two attached hydrogens (primary N) is 1. The van der Waals surface area contributed by atoms with Crippen LogP contribution < -0.4 is 5.73 Å². The lowest BCUT2D eigenvalue weighted by Crippen LogP contribution is -1.91. The summed E-state index contributed by atoms with van der Waals surface area (Å²) in [4.78, 5) is 1.30. The van der Waals surface area contributed by atoms with Gasteiger partial charge in [0, 0.05) is 15.3 Å². The third-order valence-corrected chi connectivity index (χ3v) is 3.39. The highest BCUT2D eigenvalue weighted by atomic mass is 35.5. The lowest BCUT2D eigenvalue weighted by atomic mass is 10.1. The summed E-state index contributed by atoms with van der Waals surface area (Å²) in [5, 5.41) is 1.21. The Hall–Kier alpha value is -0.730. The van der Waals surface area contributed by atoms with Crippen molar-refractivity contribution in [3.63, 3.8) is 0 Å². The molecule has 0 bridgehead atoms. The molecule has 3 heteroatoms. The van der Waals surface area contributed by atoms with Crippen LogP contribution in [-0.2, 0) is 5.88 Å². The zero-order valence-electron chi connectivity index (χ0n) is 7.30. The number of fused-ring (bicyclic) bond motifs is 1. The summed E-state index contributed by atoms with van der Waals surface area (Å²) < 4.78 is 1.27. The molecular weight excluding hydrogens is 202 g/mol. The summed E-state index contributed by atoms with van der Waals surface area (Å²) in [6.45, 7) is 2.10. The van der Waals surface area contributed by atoms with Crippen molar-refractivity contribution < 1.29 is 0 Å². The Morgan fingerprint density at radius 2 is 2.23 bits per heavy atom. The van der Waals surface area contributed by atoms with Gasteiger partial charge in [0.15, 0.2) is 0 Å². The Bertz CT molecular complexity index is 447. The minimum absolute atomic E-state index is 0.485. The molecule has 1 nitrogen and oxygen atoms in total. The minimum Gasteiger partial charge on any atom is -0.398 e. The first-order chi connectivity index (χ1) is 6.22. The number of benzene rings is 1. The van der Waals surface area contributed by atoms with E-state index in [9.17, 15) is 0 Å². The van der Waals surface area contributed by atoms with Crippen LogP contribution in [0.25, 0.3) is 10.1 Å². The van der Waals surface area contributed by atoms with Gasteiger partial charge in [0.05, 0.1) is 5.88 Å². The van der Waals surface area contributed by atoms with Crippen molar-refractivity contribution in [2.45, 2.75) is 12.8 Å². The molecule has 0 saturated heterocycles. The SMILES string of the molecule is Cc1cc2c(CCl)c(N)ccc2s1. The van der Waals surface area contributed by atoms with Crippen LogP contribution in [0, 0.1) is 6.92 Å². The Morgan fingerprint density at radius 3 is 2.92 bits per heavy atom. The van der Waals surface area contributed by atoms with E-state index in [0.717, 1.165) is 11.3 Å². The lowest BCUT2D eigenvalue weighted by Gasteiger charge is -2.02. The van der Waals surface area contributed by atoms with Gasteiger partial charge in [-0.2, -0.15) is 0 Å². The molecule has 2 N–H and O–H groups in total. The minimum atomic E-state index is 0.485. The van der Waals surface area contributed by atoms with Crippen molar-refractivity contribution in [3.8, 4) is 0 Å². The lowest BCUT2D eigenvalue weighted by molar-refractivity contribution is 1.46. The summed E-state index contributed by atoms with van der Waals surface area (Å²) in [5.74, 6) is 0.485. The summed E-state index contributed by atoms with van der Waals surface area (Å²) in [6, 6.07) is 6.13. The van der Waals surface area contributed by atoms with Gasteiger partial charge in [0.25, 0.3) is 0 Å². The van der Waals surface area contributed by atoms with Crippen LogP contribution in [-0.4, -0.2) is 0 Å². The van der Waals surface area contributed by atoms with E-state index in [4.69, 9.17) is 17.3 Å². The van der Waals surface area contributed by atoms with E-state index in [1.54, 1.807) is 11.3 Å². The molecule has 0 aliphatic rings. The largest absolute Gasteiger partial charge is 0.398 e. The zero-order valence-corrected chi connectivity index (χ0v) is 8.88. The summed E-state index contributed by atoms with van der Waals surface area (Å²) in [7, 11) is 0. The second kappa shape index (κ2) is 3.20. The number of alkyl halides is 1. The number of hydrogen-bond donors (Lipinski definition) is 1. The summed E-state index contributed by atoms with van der Waals surface area (Å²) >= 11 is 7.62. The van der Waals surface area contributed by atoms with Crippen molar-refractivity contribution in [2.75, 3.05) is 5.73 Å². The second-order valence-corrected chi connectivity index (χ2v) is 4.59. The number of nitrogen functional groups attached to an aromatic ring is 1. The average Bonchev–Trinajstić information content (AvgIpc) is 2.45. The molecule has 0 spiro atoms. The molecule has 0 saturated carbocycles. The van der Waals surface area contributed by atoms with Gasteiger partial charge < -0.3 is 5.73 Å². The van der Waals surface area contributed by atoms with E-state index in [-0.39, 0.29) is 0 Å². The normalized spacial score (nSPS) is 10.9. The van der Waals surface area contributed by atoms with Crippen LogP contribution >= 0.6 is 22.9 Å². The quantitative estimate of drug-likeness (QED) is 0.567. The molecule has 1 aromatic carbocycles. The molecule has 0 fully saturated rings. The molecule has 0 aliphatic heterocycles. The van der Waals surface area contributed by atoms with Crippen LogP contribution in [0.15, 0.2) is 18.2 Å². The van der Waals surface area contributed by atoms with Gasteiger partial charge in [-0.3, -0.25) is 0 Å². The maximum Gasteiger partial charge on any atom is 0.0500 e. The van der Waals surface area contributed by atoms with E-state index >= 15 is 0 Å². The molecule has 0 aliphatic carbocycles. The molecule has 68 valence electrons. The van der Waals surface area contributed by atoms with Crippen molar-refractivity contribution in [1.82, 2.24) is 0 Å². The van der Waals surface area contributed by atoms with E-state index < -0.39 is 0 Å². The van der Waals surface area contributed by atoms with E-state index in [0.29, 0.717) is 5.88 Å². The van der Waals surface area contributed by atoms with Gasteiger partial charge in [0.2, 0.25) is 0 Å². The number of thiophene rings is 1. The first kappa shape index (κ1) is 8.85. The topological polar surface area (TPSA) is 26.0 Å². The fourth-order valence-corrected chi connectivity index (χ4v) is 2.71. The number of rotatable bonds is 1. The monoisotopic (exact) mass is 211 g/mol. The molecule has 1 aromatic heterocycles.